The quantitative estimate of drug-likeness (QED) is 0.509. The lowest BCUT2D eigenvalue weighted by atomic mass is 10.0. The number of halogens is 6. The Morgan fingerprint density at radius 2 is 1.54 bits per heavy atom. The molecule has 0 aromatic heterocycles. The van der Waals surface area contributed by atoms with Gasteiger partial charge in [0.1, 0.15) is 11.5 Å². The normalized spacial score (nSPS) is 14.4. The van der Waals surface area contributed by atoms with Crippen LogP contribution in [-0.2, 0) is 26.0 Å². The molecule has 0 amide bonds. The molecular formula is C14H18F6NO4P. The average Bonchev–Trinajstić information content (AvgIpc) is 2.51. The number of benzene rings is 1. The molecule has 1 aromatic carbocycles. The molecule has 26 heavy (non-hydrogen) atoms. The molecule has 0 aliphatic rings. The molecule has 0 heterocycles. The van der Waals surface area contributed by atoms with Gasteiger partial charge in [-0.2, -0.15) is 26.3 Å². The third-order valence-electron chi connectivity index (χ3n) is 3.25. The molecule has 0 bridgehead atoms. The highest BCUT2D eigenvalue weighted by Gasteiger charge is 2.45. The number of alkyl halides is 6. The van der Waals surface area contributed by atoms with E-state index >= 15 is 0 Å². The van der Waals surface area contributed by atoms with Crippen LogP contribution in [0, 0.1) is 0 Å². The van der Waals surface area contributed by atoms with Gasteiger partial charge in [-0.3, -0.25) is 4.57 Å². The standard InChI is InChI=1S/C14H18F6NO4P/c1-4-24-26(22,25-5-2)12(21)11-9(14(18,19)20)6-8(13(15,16)17)7-10(11)23-3/h6-7,12H,4-5,21H2,1-3H3/t12-/m1/s1. The van der Waals surface area contributed by atoms with E-state index in [1.165, 1.54) is 13.8 Å². The summed E-state index contributed by atoms with van der Waals surface area (Å²) in [6.45, 7) is 2.42. The predicted octanol–water partition coefficient (Wildman–Crippen LogP) is 4.96. The third kappa shape index (κ3) is 4.91. The van der Waals surface area contributed by atoms with Gasteiger partial charge in [-0.15, -0.1) is 0 Å². The smallest absolute Gasteiger partial charge is 0.416 e. The molecule has 0 aliphatic carbocycles. The van der Waals surface area contributed by atoms with Crippen molar-refractivity contribution in [2.75, 3.05) is 20.3 Å². The lowest BCUT2D eigenvalue weighted by molar-refractivity contribution is -0.143. The van der Waals surface area contributed by atoms with Crippen molar-refractivity contribution in [3.05, 3.63) is 28.8 Å². The molecule has 1 rings (SSSR count). The maximum absolute atomic E-state index is 13.4. The van der Waals surface area contributed by atoms with Gasteiger partial charge in [0.25, 0.3) is 0 Å². The lowest BCUT2D eigenvalue weighted by Gasteiger charge is -2.27. The van der Waals surface area contributed by atoms with Crippen molar-refractivity contribution < 1.29 is 44.7 Å². The highest BCUT2D eigenvalue weighted by Crippen LogP contribution is 2.61. The van der Waals surface area contributed by atoms with Gasteiger partial charge in [-0.25, -0.2) is 0 Å². The molecule has 0 radical (unpaired) electrons. The summed E-state index contributed by atoms with van der Waals surface area (Å²) in [5, 5.41) is 0. The fourth-order valence-corrected chi connectivity index (χ4v) is 3.91. The first-order valence-corrected chi connectivity index (χ1v) is 8.93. The Labute approximate surface area is 145 Å². The topological polar surface area (TPSA) is 70.8 Å². The predicted molar refractivity (Wildman–Crippen MR) is 80.8 cm³/mol. The van der Waals surface area contributed by atoms with E-state index < -0.39 is 48.2 Å². The molecule has 0 unspecified atom stereocenters. The van der Waals surface area contributed by atoms with Crippen molar-refractivity contribution in [3.8, 4) is 5.75 Å². The first kappa shape index (κ1) is 22.8. The second-order valence-electron chi connectivity index (χ2n) is 4.96. The first-order chi connectivity index (χ1) is 11.8. The molecule has 1 aromatic rings. The van der Waals surface area contributed by atoms with Crippen LogP contribution >= 0.6 is 7.60 Å². The van der Waals surface area contributed by atoms with E-state index in [0.717, 1.165) is 7.11 Å². The summed E-state index contributed by atoms with van der Waals surface area (Å²) in [5.41, 5.74) is 1.46. The molecule has 0 saturated carbocycles. The van der Waals surface area contributed by atoms with Crippen LogP contribution in [0.1, 0.15) is 36.3 Å². The SMILES string of the molecule is CCOP(=O)(OCC)[C@@H](N)c1c(OC)cc(C(F)(F)F)cc1C(F)(F)F. The molecule has 1 atom stereocenters. The fourth-order valence-electron chi connectivity index (χ4n) is 2.21. The van der Waals surface area contributed by atoms with Crippen LogP contribution in [0.2, 0.25) is 0 Å². The van der Waals surface area contributed by atoms with E-state index in [2.05, 4.69) is 4.74 Å². The second kappa shape index (κ2) is 8.16. The molecule has 5 nitrogen and oxygen atoms in total. The van der Waals surface area contributed by atoms with Crippen LogP contribution in [-0.4, -0.2) is 20.3 Å². The van der Waals surface area contributed by atoms with Crippen molar-refractivity contribution >= 4 is 7.60 Å². The Kier molecular flexibility index (Phi) is 7.14. The molecule has 150 valence electrons. The Bertz CT molecular complexity index is 667. The largest absolute Gasteiger partial charge is 0.496 e. The van der Waals surface area contributed by atoms with Gasteiger partial charge in [-0.1, -0.05) is 0 Å². The molecule has 2 N–H and O–H groups in total. The summed E-state index contributed by atoms with van der Waals surface area (Å²) in [6, 6.07) is 0.243. The Morgan fingerprint density at radius 3 is 1.88 bits per heavy atom. The van der Waals surface area contributed by atoms with Gasteiger partial charge in [-0.05, 0) is 26.0 Å². The molecular weight excluding hydrogens is 391 g/mol. The number of hydrogen-bond acceptors (Lipinski definition) is 5. The molecule has 12 heteroatoms. The number of ether oxygens (including phenoxy) is 1. The van der Waals surface area contributed by atoms with Crippen molar-refractivity contribution in [1.29, 1.82) is 0 Å². The van der Waals surface area contributed by atoms with Crippen LogP contribution in [0.3, 0.4) is 0 Å². The maximum Gasteiger partial charge on any atom is 0.416 e. The first-order valence-electron chi connectivity index (χ1n) is 7.32. The highest BCUT2D eigenvalue weighted by atomic mass is 31.2. The van der Waals surface area contributed by atoms with E-state index in [4.69, 9.17) is 14.8 Å². The van der Waals surface area contributed by atoms with Gasteiger partial charge < -0.3 is 19.5 Å². The summed E-state index contributed by atoms with van der Waals surface area (Å²) in [6.07, 6.45) is -10.3. The van der Waals surface area contributed by atoms with Gasteiger partial charge in [0.2, 0.25) is 0 Å². The van der Waals surface area contributed by atoms with Crippen molar-refractivity contribution in [2.24, 2.45) is 5.73 Å². The minimum absolute atomic E-state index is 0.111. The van der Waals surface area contributed by atoms with Gasteiger partial charge in [0.05, 0.1) is 31.5 Å². The summed E-state index contributed by atoms with van der Waals surface area (Å²) in [7, 11) is -3.44. The zero-order valence-corrected chi connectivity index (χ0v) is 15.0. The zero-order chi connectivity index (χ0) is 20.3. The minimum atomic E-state index is -5.22. The van der Waals surface area contributed by atoms with E-state index in [0.29, 0.717) is 6.07 Å². The summed E-state index contributed by atoms with van der Waals surface area (Å²) >= 11 is 0. The monoisotopic (exact) mass is 409 g/mol. The van der Waals surface area contributed by atoms with Crippen LogP contribution in [0.15, 0.2) is 12.1 Å². The van der Waals surface area contributed by atoms with Crippen LogP contribution in [0.25, 0.3) is 0 Å². The Hall–Kier alpha value is -1.29. The van der Waals surface area contributed by atoms with E-state index in [1.54, 1.807) is 0 Å². The fraction of sp³-hybridized carbons (Fsp3) is 0.571. The summed E-state index contributed by atoms with van der Waals surface area (Å²) < 4.78 is 106. The van der Waals surface area contributed by atoms with E-state index in [1.807, 2.05) is 0 Å². The van der Waals surface area contributed by atoms with Gasteiger partial charge >= 0.3 is 19.9 Å². The third-order valence-corrected chi connectivity index (χ3v) is 5.43. The van der Waals surface area contributed by atoms with Gasteiger partial charge in [0, 0.05) is 5.56 Å². The highest BCUT2D eigenvalue weighted by molar-refractivity contribution is 7.54. The molecule has 0 fully saturated rings. The zero-order valence-electron chi connectivity index (χ0n) is 14.1. The molecule has 0 spiro atoms. The van der Waals surface area contributed by atoms with Gasteiger partial charge in [0.15, 0.2) is 0 Å². The maximum atomic E-state index is 13.4. The Morgan fingerprint density at radius 1 is 1.04 bits per heavy atom. The van der Waals surface area contributed by atoms with E-state index in [-0.39, 0.29) is 19.3 Å². The van der Waals surface area contributed by atoms with Crippen molar-refractivity contribution in [2.45, 2.75) is 32.0 Å². The van der Waals surface area contributed by atoms with Crippen molar-refractivity contribution in [1.82, 2.24) is 0 Å². The number of rotatable bonds is 7. The van der Waals surface area contributed by atoms with Crippen LogP contribution in [0.4, 0.5) is 26.3 Å². The minimum Gasteiger partial charge on any atom is -0.496 e. The van der Waals surface area contributed by atoms with Crippen molar-refractivity contribution in [3.63, 3.8) is 0 Å². The number of hydrogen-bond donors (Lipinski definition) is 1. The number of nitrogens with two attached hydrogens (primary N) is 1. The summed E-state index contributed by atoms with van der Waals surface area (Å²) in [5.74, 6) is -2.82. The molecule has 0 saturated heterocycles. The number of methoxy groups -OCH3 is 1. The van der Waals surface area contributed by atoms with Crippen LogP contribution in [0.5, 0.6) is 5.75 Å². The van der Waals surface area contributed by atoms with Crippen LogP contribution < -0.4 is 10.5 Å². The average molecular weight is 409 g/mol. The Balaban J connectivity index is 3.75. The van der Waals surface area contributed by atoms with E-state index in [9.17, 15) is 30.9 Å². The summed E-state index contributed by atoms with van der Waals surface area (Å²) in [4.78, 5) is 0. The molecule has 0 aliphatic heterocycles. The second-order valence-corrected chi connectivity index (χ2v) is 7.11. The lowest BCUT2D eigenvalue weighted by Crippen LogP contribution is -2.22.